The molecule has 0 atom stereocenters. The van der Waals surface area contributed by atoms with E-state index in [2.05, 4.69) is 14.6 Å². The number of nitrogens with zero attached hydrogens (tertiary/aromatic N) is 1. The Morgan fingerprint density at radius 1 is 1.13 bits per heavy atom. The van der Waals surface area contributed by atoms with Crippen LogP contribution in [0.5, 0.6) is 11.5 Å². The van der Waals surface area contributed by atoms with E-state index in [0.717, 1.165) is 31.8 Å². The topological polar surface area (TPSA) is 114 Å². The first-order chi connectivity index (χ1) is 14.9. The molecule has 9 nitrogen and oxygen atoms in total. The van der Waals surface area contributed by atoms with Gasteiger partial charge in [-0.1, -0.05) is 0 Å². The fourth-order valence-electron chi connectivity index (χ4n) is 3.82. The number of sulfonamides is 1. The molecule has 10 heteroatoms. The number of rotatable bonds is 8. The molecule has 0 aliphatic carbocycles. The first-order valence-electron chi connectivity index (χ1n) is 9.98. The lowest BCUT2D eigenvalue weighted by atomic mass is 9.98. The number of ether oxygens (including phenoxy) is 2. The number of hydrogen-bond donors (Lipinski definition) is 2. The number of oxazole rings is 1. The van der Waals surface area contributed by atoms with E-state index in [1.54, 1.807) is 14.2 Å². The summed E-state index contributed by atoms with van der Waals surface area (Å²) in [5.74, 6) is 0.837. The molecule has 0 bridgehead atoms. The predicted octanol–water partition coefficient (Wildman–Crippen LogP) is 1.86. The van der Waals surface area contributed by atoms with Crippen LogP contribution >= 0.6 is 0 Å². The summed E-state index contributed by atoms with van der Waals surface area (Å²) in [4.78, 5) is 16.1. The van der Waals surface area contributed by atoms with Gasteiger partial charge in [-0.2, -0.15) is 0 Å². The van der Waals surface area contributed by atoms with Gasteiger partial charge in [-0.15, -0.1) is 0 Å². The first-order valence-corrected chi connectivity index (χ1v) is 11.5. The summed E-state index contributed by atoms with van der Waals surface area (Å²) < 4.78 is 43.4. The van der Waals surface area contributed by atoms with Gasteiger partial charge in [0, 0.05) is 25.7 Å². The van der Waals surface area contributed by atoms with E-state index in [4.69, 9.17) is 13.9 Å². The summed E-state index contributed by atoms with van der Waals surface area (Å²) in [6.07, 6.45) is 1.58. The lowest BCUT2D eigenvalue weighted by Gasteiger charge is -2.29. The van der Waals surface area contributed by atoms with Gasteiger partial charge in [0.15, 0.2) is 17.1 Å². The second kappa shape index (κ2) is 8.74. The molecule has 2 aromatic carbocycles. The Balaban J connectivity index is 1.33. The summed E-state index contributed by atoms with van der Waals surface area (Å²) in [5, 5.41) is 0. The van der Waals surface area contributed by atoms with Crippen LogP contribution in [0.15, 0.2) is 44.4 Å². The van der Waals surface area contributed by atoms with Crippen molar-refractivity contribution in [2.24, 2.45) is 0 Å². The summed E-state index contributed by atoms with van der Waals surface area (Å²) in [7, 11) is -0.431. The van der Waals surface area contributed by atoms with Crippen LogP contribution in [0.2, 0.25) is 0 Å². The number of benzene rings is 2. The number of aromatic amines is 1. The van der Waals surface area contributed by atoms with Crippen LogP contribution in [0.25, 0.3) is 11.1 Å². The van der Waals surface area contributed by atoms with Crippen molar-refractivity contribution >= 4 is 21.1 Å². The van der Waals surface area contributed by atoms with Gasteiger partial charge in [-0.25, -0.2) is 17.9 Å². The van der Waals surface area contributed by atoms with Crippen LogP contribution < -0.4 is 20.0 Å². The lowest BCUT2D eigenvalue weighted by molar-refractivity contribution is 0.250. The van der Waals surface area contributed by atoms with Crippen LogP contribution in [0, 0.1) is 0 Å². The van der Waals surface area contributed by atoms with Crippen molar-refractivity contribution in [2.75, 3.05) is 33.9 Å². The van der Waals surface area contributed by atoms with Gasteiger partial charge < -0.3 is 13.9 Å². The number of nitrogens with one attached hydrogen (secondary N) is 2. The van der Waals surface area contributed by atoms with Crippen LogP contribution in [0.3, 0.4) is 0 Å². The van der Waals surface area contributed by atoms with E-state index in [9.17, 15) is 13.2 Å². The average Bonchev–Trinajstić information content (AvgIpc) is 3.14. The molecule has 0 saturated carbocycles. The molecule has 0 radical (unpaired) electrons. The number of aromatic nitrogens is 1. The molecule has 0 amide bonds. The maximum absolute atomic E-state index is 12.5. The quantitative estimate of drug-likeness (QED) is 0.507. The zero-order chi connectivity index (χ0) is 22.0. The number of fused-ring (bicyclic) bond motifs is 2. The summed E-state index contributed by atoms with van der Waals surface area (Å²) in [6.45, 7) is 2.76. The van der Waals surface area contributed by atoms with E-state index in [1.165, 1.54) is 29.3 Å². The van der Waals surface area contributed by atoms with Crippen molar-refractivity contribution in [1.29, 1.82) is 0 Å². The minimum atomic E-state index is -3.69. The summed E-state index contributed by atoms with van der Waals surface area (Å²) in [5.41, 5.74) is 3.13. The number of hydrogen-bond acceptors (Lipinski definition) is 7. The molecule has 0 saturated heterocycles. The normalized spacial score (nSPS) is 14.5. The highest BCUT2D eigenvalue weighted by Gasteiger charge is 2.20. The van der Waals surface area contributed by atoms with E-state index >= 15 is 0 Å². The minimum absolute atomic E-state index is 0.0655. The highest BCUT2D eigenvalue weighted by atomic mass is 32.2. The van der Waals surface area contributed by atoms with Gasteiger partial charge in [-0.05, 0) is 54.8 Å². The molecule has 1 aromatic heterocycles. The smallest absolute Gasteiger partial charge is 0.417 e. The molecule has 4 rings (SSSR count). The van der Waals surface area contributed by atoms with Crippen molar-refractivity contribution in [3.63, 3.8) is 0 Å². The van der Waals surface area contributed by atoms with Gasteiger partial charge in [0.25, 0.3) is 0 Å². The first kappa shape index (κ1) is 21.4. The molecule has 0 spiro atoms. The fourth-order valence-corrected chi connectivity index (χ4v) is 4.91. The van der Waals surface area contributed by atoms with E-state index in [0.29, 0.717) is 24.2 Å². The lowest BCUT2D eigenvalue weighted by Crippen LogP contribution is -2.33. The molecule has 2 N–H and O–H groups in total. The maximum atomic E-state index is 12.5. The van der Waals surface area contributed by atoms with Gasteiger partial charge in [0.05, 0.1) is 24.6 Å². The molecule has 1 aliphatic heterocycles. The largest absolute Gasteiger partial charge is 0.493 e. The van der Waals surface area contributed by atoms with Crippen LogP contribution in [0.4, 0.5) is 0 Å². The highest BCUT2D eigenvalue weighted by Crippen LogP contribution is 2.33. The molecule has 0 fully saturated rings. The van der Waals surface area contributed by atoms with Crippen LogP contribution in [-0.2, 0) is 23.0 Å². The Hall–Kier alpha value is -2.82. The Morgan fingerprint density at radius 3 is 2.61 bits per heavy atom. The van der Waals surface area contributed by atoms with Gasteiger partial charge >= 0.3 is 5.76 Å². The van der Waals surface area contributed by atoms with E-state index < -0.39 is 15.8 Å². The molecular weight excluding hydrogens is 422 g/mol. The van der Waals surface area contributed by atoms with Gasteiger partial charge in [0.1, 0.15) is 0 Å². The number of methoxy groups -OCH3 is 2. The molecule has 0 unspecified atom stereocenters. The van der Waals surface area contributed by atoms with Gasteiger partial charge in [-0.3, -0.25) is 9.88 Å². The molecular formula is C21H25N3O6S. The Labute approximate surface area is 180 Å². The second-order valence-corrected chi connectivity index (χ2v) is 9.19. The monoisotopic (exact) mass is 447 g/mol. The highest BCUT2D eigenvalue weighted by molar-refractivity contribution is 7.89. The van der Waals surface area contributed by atoms with Crippen molar-refractivity contribution in [3.05, 3.63) is 52.0 Å². The standard InChI is InChI=1S/C21H25N3O6S/c1-28-19-10-14-6-9-24(13-15(14)11-20(19)29-2)8-3-7-22-31(26,27)16-4-5-17-18(12-16)30-21(25)23-17/h4-5,10-12,22H,3,6-9,13H2,1-2H3,(H,23,25). The third-order valence-electron chi connectivity index (χ3n) is 5.44. The summed E-state index contributed by atoms with van der Waals surface area (Å²) in [6, 6.07) is 8.35. The molecule has 3 aromatic rings. The zero-order valence-corrected chi connectivity index (χ0v) is 18.3. The van der Waals surface area contributed by atoms with E-state index in [1.807, 2.05) is 12.1 Å². The zero-order valence-electron chi connectivity index (χ0n) is 17.4. The van der Waals surface area contributed by atoms with Crippen molar-refractivity contribution in [2.45, 2.75) is 24.3 Å². The molecule has 2 heterocycles. The SMILES string of the molecule is COc1cc2c(cc1OC)CN(CCCNS(=O)(=O)c1ccc3[nH]c(=O)oc3c1)CC2. The fraction of sp³-hybridized carbons (Fsp3) is 0.381. The summed E-state index contributed by atoms with van der Waals surface area (Å²) >= 11 is 0. The third kappa shape index (κ3) is 4.60. The van der Waals surface area contributed by atoms with Gasteiger partial charge in [0.2, 0.25) is 10.0 Å². The van der Waals surface area contributed by atoms with Crippen LogP contribution in [-0.4, -0.2) is 52.2 Å². The third-order valence-corrected chi connectivity index (χ3v) is 6.90. The predicted molar refractivity (Wildman–Crippen MR) is 115 cm³/mol. The Morgan fingerprint density at radius 2 is 1.87 bits per heavy atom. The van der Waals surface area contributed by atoms with Crippen molar-refractivity contribution in [3.8, 4) is 11.5 Å². The average molecular weight is 448 g/mol. The number of H-pyrrole nitrogens is 1. The van der Waals surface area contributed by atoms with Crippen molar-refractivity contribution in [1.82, 2.24) is 14.6 Å². The Kier molecular flexibility index (Phi) is 6.03. The van der Waals surface area contributed by atoms with Crippen molar-refractivity contribution < 1.29 is 22.3 Å². The second-order valence-electron chi connectivity index (χ2n) is 7.43. The van der Waals surface area contributed by atoms with Crippen LogP contribution in [0.1, 0.15) is 17.5 Å². The molecule has 31 heavy (non-hydrogen) atoms. The Bertz CT molecular complexity index is 1250. The minimum Gasteiger partial charge on any atom is -0.493 e. The maximum Gasteiger partial charge on any atom is 0.417 e. The molecule has 166 valence electrons. The van der Waals surface area contributed by atoms with E-state index in [-0.39, 0.29) is 10.5 Å². The molecule has 1 aliphatic rings.